The minimum absolute atomic E-state index is 0.0000303. The fourth-order valence-electron chi connectivity index (χ4n) is 3.81. The maximum atomic E-state index is 12.8. The Balaban J connectivity index is 1.52. The Morgan fingerprint density at radius 3 is 2.32 bits per heavy atom. The van der Waals surface area contributed by atoms with E-state index in [-0.39, 0.29) is 29.5 Å². The van der Waals surface area contributed by atoms with E-state index in [9.17, 15) is 22.4 Å². The van der Waals surface area contributed by atoms with Gasteiger partial charge in [0.1, 0.15) is 11.6 Å². The predicted octanol–water partition coefficient (Wildman–Crippen LogP) is 1.71. The van der Waals surface area contributed by atoms with Crippen molar-refractivity contribution in [3.63, 3.8) is 0 Å². The molecule has 2 aliphatic rings. The van der Waals surface area contributed by atoms with Crippen molar-refractivity contribution in [3.05, 3.63) is 30.1 Å². The lowest BCUT2D eigenvalue weighted by Gasteiger charge is -2.33. The van der Waals surface area contributed by atoms with Crippen LogP contribution in [0.15, 0.2) is 24.3 Å². The molecule has 0 aromatic heterocycles. The highest BCUT2D eigenvalue weighted by molar-refractivity contribution is 7.91. The van der Waals surface area contributed by atoms with Crippen LogP contribution in [0.3, 0.4) is 0 Å². The lowest BCUT2D eigenvalue weighted by molar-refractivity contribution is -0.155. The highest BCUT2D eigenvalue weighted by Gasteiger charge is 2.39. The second kappa shape index (κ2) is 8.89. The van der Waals surface area contributed by atoms with Gasteiger partial charge in [-0.1, -0.05) is 12.8 Å². The largest absolute Gasteiger partial charge is 0.482 e. The minimum Gasteiger partial charge on any atom is -0.482 e. The van der Waals surface area contributed by atoms with Crippen molar-refractivity contribution in [1.29, 1.82) is 0 Å². The van der Waals surface area contributed by atoms with Crippen LogP contribution in [0.5, 0.6) is 5.75 Å². The van der Waals surface area contributed by atoms with E-state index in [0.29, 0.717) is 12.2 Å². The molecule has 1 saturated carbocycles. The molecule has 7 nitrogen and oxygen atoms in total. The number of amides is 1. The third-order valence-corrected chi connectivity index (χ3v) is 6.89. The van der Waals surface area contributed by atoms with Crippen LogP contribution in [0.1, 0.15) is 32.1 Å². The SMILES string of the molecule is O=C(COc1ccc(F)cc1)OCC(=O)N(C1CCCC1)[C@H]1CCS(=O)(=O)C1. The number of rotatable bonds is 7. The van der Waals surface area contributed by atoms with Crippen LogP contribution in [0.25, 0.3) is 0 Å². The average molecular weight is 413 g/mol. The first kappa shape index (κ1) is 20.6. The van der Waals surface area contributed by atoms with Crippen molar-refractivity contribution in [2.24, 2.45) is 0 Å². The van der Waals surface area contributed by atoms with E-state index in [1.807, 2.05) is 0 Å². The smallest absolute Gasteiger partial charge is 0.344 e. The number of sulfone groups is 1. The van der Waals surface area contributed by atoms with E-state index >= 15 is 0 Å². The van der Waals surface area contributed by atoms with Gasteiger partial charge in [-0.3, -0.25) is 4.79 Å². The first-order valence-corrected chi connectivity index (χ1v) is 11.2. The third kappa shape index (κ3) is 5.43. The van der Waals surface area contributed by atoms with Crippen molar-refractivity contribution in [2.75, 3.05) is 24.7 Å². The topological polar surface area (TPSA) is 90.0 Å². The molecular weight excluding hydrogens is 389 g/mol. The number of nitrogens with zero attached hydrogens (tertiary/aromatic N) is 1. The third-order valence-electron chi connectivity index (χ3n) is 5.13. The quantitative estimate of drug-likeness (QED) is 0.632. The molecule has 0 radical (unpaired) electrons. The maximum Gasteiger partial charge on any atom is 0.344 e. The van der Waals surface area contributed by atoms with Gasteiger partial charge in [-0.05, 0) is 43.5 Å². The Kier molecular flexibility index (Phi) is 6.53. The number of carbonyl (C=O) groups excluding carboxylic acids is 2. The molecule has 1 heterocycles. The molecule has 9 heteroatoms. The number of hydrogen-bond acceptors (Lipinski definition) is 6. The first-order chi connectivity index (χ1) is 13.3. The molecule has 0 spiro atoms. The second-order valence-corrected chi connectivity index (χ2v) is 9.43. The van der Waals surface area contributed by atoms with Crippen molar-refractivity contribution < 1.29 is 31.9 Å². The lowest BCUT2D eigenvalue weighted by Crippen LogP contribution is -2.48. The Morgan fingerprint density at radius 1 is 1.04 bits per heavy atom. The normalized spacial score (nSPS) is 21.4. The molecule has 0 bridgehead atoms. The molecule has 28 heavy (non-hydrogen) atoms. The van der Waals surface area contributed by atoms with E-state index in [2.05, 4.69) is 0 Å². The zero-order chi connectivity index (χ0) is 20.1. The summed E-state index contributed by atoms with van der Waals surface area (Å²) in [5, 5.41) is 0. The molecule has 3 rings (SSSR count). The van der Waals surface area contributed by atoms with Crippen molar-refractivity contribution in [1.82, 2.24) is 4.90 Å². The van der Waals surface area contributed by atoms with Crippen LogP contribution >= 0.6 is 0 Å². The molecular formula is C19H24FNO6S. The molecule has 154 valence electrons. The van der Waals surface area contributed by atoms with E-state index < -0.39 is 34.8 Å². The standard InChI is InChI=1S/C19H24FNO6S/c20-14-5-7-17(8-6-14)26-12-19(23)27-11-18(22)21(15-3-1-2-4-15)16-9-10-28(24,25)13-16/h5-8,15-16H,1-4,9-13H2/t16-/m0/s1. The van der Waals surface area contributed by atoms with Crippen LogP contribution in [0.4, 0.5) is 4.39 Å². The zero-order valence-electron chi connectivity index (χ0n) is 15.5. The molecule has 1 atom stereocenters. The van der Waals surface area contributed by atoms with Crippen LogP contribution in [-0.4, -0.2) is 62.0 Å². The predicted molar refractivity (Wildman–Crippen MR) is 99.0 cm³/mol. The van der Waals surface area contributed by atoms with Gasteiger partial charge < -0.3 is 14.4 Å². The minimum atomic E-state index is -3.13. The molecule has 0 unspecified atom stereocenters. The number of ether oxygens (including phenoxy) is 2. The van der Waals surface area contributed by atoms with Gasteiger partial charge in [0.25, 0.3) is 5.91 Å². The Morgan fingerprint density at radius 2 is 1.71 bits per heavy atom. The van der Waals surface area contributed by atoms with E-state index in [1.165, 1.54) is 24.3 Å². The molecule has 1 amide bonds. The highest BCUT2D eigenvalue weighted by Crippen LogP contribution is 2.29. The average Bonchev–Trinajstić information content (AvgIpc) is 3.30. The van der Waals surface area contributed by atoms with Crippen molar-refractivity contribution in [2.45, 2.75) is 44.2 Å². The number of hydrogen-bond donors (Lipinski definition) is 0. The summed E-state index contributed by atoms with van der Waals surface area (Å²) < 4.78 is 46.7. The summed E-state index contributed by atoms with van der Waals surface area (Å²) in [6.45, 7) is -0.848. The summed E-state index contributed by atoms with van der Waals surface area (Å²) in [5.74, 6) is -1.14. The fourth-order valence-corrected chi connectivity index (χ4v) is 5.53. The van der Waals surface area contributed by atoms with Crippen LogP contribution in [0.2, 0.25) is 0 Å². The van der Waals surface area contributed by atoms with E-state index in [4.69, 9.17) is 9.47 Å². The molecule has 1 aromatic rings. The van der Waals surface area contributed by atoms with Gasteiger partial charge >= 0.3 is 5.97 Å². The van der Waals surface area contributed by atoms with Gasteiger partial charge in [0, 0.05) is 12.1 Å². The summed E-state index contributed by atoms with van der Waals surface area (Å²) in [7, 11) is -3.13. The zero-order valence-corrected chi connectivity index (χ0v) is 16.3. The van der Waals surface area contributed by atoms with Crippen molar-refractivity contribution in [3.8, 4) is 5.75 Å². The monoisotopic (exact) mass is 413 g/mol. The lowest BCUT2D eigenvalue weighted by atomic mass is 10.1. The highest BCUT2D eigenvalue weighted by atomic mass is 32.2. The summed E-state index contributed by atoms with van der Waals surface area (Å²) in [6, 6.07) is 4.83. The van der Waals surface area contributed by atoms with E-state index in [1.54, 1.807) is 4.90 Å². The number of carbonyl (C=O) groups is 2. The first-order valence-electron chi connectivity index (χ1n) is 9.39. The molecule has 1 aliphatic heterocycles. The van der Waals surface area contributed by atoms with Crippen LogP contribution in [0, 0.1) is 5.82 Å². The van der Waals surface area contributed by atoms with Gasteiger partial charge in [-0.2, -0.15) is 0 Å². The number of esters is 1. The van der Waals surface area contributed by atoms with Gasteiger partial charge in [0.05, 0.1) is 11.5 Å². The number of halogens is 1. The van der Waals surface area contributed by atoms with Gasteiger partial charge in [0.2, 0.25) is 0 Å². The number of benzene rings is 1. The summed E-state index contributed by atoms with van der Waals surface area (Å²) >= 11 is 0. The molecule has 1 saturated heterocycles. The van der Waals surface area contributed by atoms with Gasteiger partial charge in [-0.25, -0.2) is 17.6 Å². The fraction of sp³-hybridized carbons (Fsp3) is 0.579. The maximum absolute atomic E-state index is 12.8. The molecule has 0 N–H and O–H groups in total. The summed E-state index contributed by atoms with van der Waals surface area (Å²) in [5.41, 5.74) is 0. The van der Waals surface area contributed by atoms with Crippen molar-refractivity contribution >= 4 is 21.7 Å². The Labute approximate surface area is 163 Å². The molecule has 1 aliphatic carbocycles. The van der Waals surface area contributed by atoms with Gasteiger partial charge in [0.15, 0.2) is 23.1 Å². The Bertz CT molecular complexity index is 804. The second-order valence-electron chi connectivity index (χ2n) is 7.20. The molecule has 1 aromatic carbocycles. The Hall–Kier alpha value is -2.16. The van der Waals surface area contributed by atoms with E-state index in [0.717, 1.165) is 25.7 Å². The van der Waals surface area contributed by atoms with Gasteiger partial charge in [-0.15, -0.1) is 0 Å². The molecule has 2 fully saturated rings. The summed E-state index contributed by atoms with van der Waals surface area (Å²) in [4.78, 5) is 26.2. The summed E-state index contributed by atoms with van der Waals surface area (Å²) in [6.07, 6.45) is 4.10. The van der Waals surface area contributed by atoms with Crippen LogP contribution in [-0.2, 0) is 24.2 Å². The van der Waals surface area contributed by atoms with Crippen LogP contribution < -0.4 is 4.74 Å².